The fourth-order valence-corrected chi connectivity index (χ4v) is 5.13. The van der Waals surface area contributed by atoms with Gasteiger partial charge in [0, 0.05) is 30.3 Å². The zero-order valence-corrected chi connectivity index (χ0v) is 16.9. The smallest absolute Gasteiger partial charge is 0.261 e. The third kappa shape index (κ3) is 2.43. The van der Waals surface area contributed by atoms with E-state index in [1.165, 1.54) is 5.56 Å². The first kappa shape index (κ1) is 17.7. The highest BCUT2D eigenvalue weighted by Crippen LogP contribution is 2.48. The van der Waals surface area contributed by atoms with Crippen LogP contribution >= 0.6 is 11.6 Å². The molecule has 2 unspecified atom stereocenters. The fourth-order valence-electron chi connectivity index (χ4n) is 4.96. The van der Waals surface area contributed by atoms with Crippen molar-refractivity contribution in [2.75, 3.05) is 36.6 Å². The number of rotatable bonds is 1. The van der Waals surface area contributed by atoms with E-state index in [4.69, 9.17) is 16.7 Å². The lowest BCUT2D eigenvalue weighted by molar-refractivity contribution is -0.125. The summed E-state index contributed by atoms with van der Waals surface area (Å²) < 4.78 is 0. The Morgan fingerprint density at radius 1 is 1.14 bits per heavy atom. The number of hydrogen-bond acceptors (Lipinski definition) is 4. The summed E-state index contributed by atoms with van der Waals surface area (Å²) in [7, 11) is 2.12. The number of halogens is 1. The molecule has 0 bridgehead atoms. The Bertz CT molecular complexity index is 976. The average molecular weight is 395 g/mol. The highest BCUT2D eigenvalue weighted by Gasteiger charge is 2.59. The molecule has 1 spiro atoms. The van der Waals surface area contributed by atoms with E-state index >= 15 is 0 Å². The predicted octanol–water partition coefficient (Wildman–Crippen LogP) is 3.43. The van der Waals surface area contributed by atoms with Gasteiger partial charge in [-0.25, -0.2) is 0 Å². The van der Waals surface area contributed by atoms with Crippen molar-refractivity contribution in [3.8, 4) is 0 Å². The molecule has 1 fully saturated rings. The molecule has 0 saturated carbocycles. The molecular weight excluding hydrogens is 372 g/mol. The van der Waals surface area contributed by atoms with Crippen molar-refractivity contribution in [2.45, 2.75) is 19.4 Å². The summed E-state index contributed by atoms with van der Waals surface area (Å²) in [5.41, 5.74) is 3.40. The summed E-state index contributed by atoms with van der Waals surface area (Å²) in [4.78, 5) is 18.6. The van der Waals surface area contributed by atoms with Crippen molar-refractivity contribution in [1.82, 2.24) is 4.90 Å². The highest BCUT2D eigenvalue weighted by molar-refractivity contribution is 6.31. The first-order valence-electron chi connectivity index (χ1n) is 9.69. The molecule has 6 heteroatoms. The summed E-state index contributed by atoms with van der Waals surface area (Å²) >= 11 is 6.31. The minimum atomic E-state index is -0.647. The predicted molar refractivity (Wildman–Crippen MR) is 113 cm³/mol. The molecule has 2 aromatic carbocycles. The monoisotopic (exact) mass is 394 g/mol. The van der Waals surface area contributed by atoms with Gasteiger partial charge in [0.15, 0.2) is 0 Å². The first-order valence-corrected chi connectivity index (χ1v) is 10.1. The number of benzene rings is 2. The lowest BCUT2D eigenvalue weighted by Crippen LogP contribution is -2.66. The third-order valence-corrected chi connectivity index (χ3v) is 6.68. The molecule has 0 aliphatic carbocycles. The minimum absolute atomic E-state index is 0.0437. The minimum Gasteiger partial charge on any atom is -0.364 e. The van der Waals surface area contributed by atoms with Gasteiger partial charge in [0.25, 0.3) is 5.91 Å². The van der Waals surface area contributed by atoms with Gasteiger partial charge in [-0.05, 0) is 50.2 Å². The van der Waals surface area contributed by atoms with Crippen molar-refractivity contribution in [1.29, 1.82) is 0 Å². The molecule has 2 aromatic rings. The number of amides is 1. The number of likely N-dealkylation sites (N-methyl/N-ethyl adjacent to an activating group) is 1. The Labute approximate surface area is 170 Å². The number of hydrogen-bond donors (Lipinski definition) is 0. The van der Waals surface area contributed by atoms with E-state index in [0.717, 1.165) is 41.7 Å². The lowest BCUT2D eigenvalue weighted by Gasteiger charge is -2.52. The lowest BCUT2D eigenvalue weighted by atomic mass is 9.67. The van der Waals surface area contributed by atoms with Crippen LogP contribution < -0.4 is 9.91 Å². The molecule has 1 amide bonds. The Balaban J connectivity index is 1.65. The zero-order valence-electron chi connectivity index (χ0n) is 16.1. The van der Waals surface area contributed by atoms with Gasteiger partial charge in [0.05, 0.1) is 17.4 Å². The van der Waals surface area contributed by atoms with Crippen LogP contribution in [-0.4, -0.2) is 49.2 Å². The molecule has 5 rings (SSSR count). The summed E-state index contributed by atoms with van der Waals surface area (Å²) in [6.45, 7) is 4.68. The van der Waals surface area contributed by atoms with Gasteiger partial charge in [-0.3, -0.25) is 4.79 Å². The van der Waals surface area contributed by atoms with Gasteiger partial charge in [-0.2, -0.15) is 10.1 Å². The Morgan fingerprint density at radius 2 is 1.93 bits per heavy atom. The molecular formula is C22H23ClN4O. The normalized spacial score (nSPS) is 27.0. The summed E-state index contributed by atoms with van der Waals surface area (Å²) in [5.74, 6) is 0.0714. The van der Waals surface area contributed by atoms with Crippen LogP contribution in [-0.2, 0) is 11.2 Å². The van der Waals surface area contributed by atoms with Crippen LogP contribution in [0.1, 0.15) is 12.5 Å². The maximum atomic E-state index is 13.9. The maximum Gasteiger partial charge on any atom is 0.261 e. The van der Waals surface area contributed by atoms with Gasteiger partial charge in [-0.15, -0.1) is 0 Å². The van der Waals surface area contributed by atoms with E-state index in [-0.39, 0.29) is 11.9 Å². The summed E-state index contributed by atoms with van der Waals surface area (Å²) in [5, 5.41) is 7.09. The third-order valence-electron chi connectivity index (χ3n) is 6.45. The van der Waals surface area contributed by atoms with Crippen LogP contribution in [0.25, 0.3) is 0 Å². The van der Waals surface area contributed by atoms with Crippen molar-refractivity contribution in [3.05, 3.63) is 59.1 Å². The molecule has 2 atom stereocenters. The fraction of sp³-hybridized carbons (Fsp3) is 0.364. The van der Waals surface area contributed by atoms with Gasteiger partial charge >= 0.3 is 0 Å². The average Bonchev–Trinajstić information content (AvgIpc) is 2.95. The number of piperazine rings is 1. The Morgan fingerprint density at radius 3 is 2.71 bits per heavy atom. The van der Waals surface area contributed by atoms with Crippen molar-refractivity contribution in [2.24, 2.45) is 10.5 Å². The largest absolute Gasteiger partial charge is 0.364 e. The topological polar surface area (TPSA) is 39.2 Å². The number of anilines is 2. The molecule has 3 aliphatic heterocycles. The van der Waals surface area contributed by atoms with Crippen molar-refractivity contribution >= 4 is 34.6 Å². The van der Waals surface area contributed by atoms with Gasteiger partial charge in [-0.1, -0.05) is 35.9 Å². The van der Waals surface area contributed by atoms with E-state index in [1.54, 1.807) is 5.01 Å². The molecule has 0 radical (unpaired) electrons. The van der Waals surface area contributed by atoms with Crippen molar-refractivity contribution < 1.29 is 4.79 Å². The zero-order chi connectivity index (χ0) is 19.5. The van der Waals surface area contributed by atoms with Crippen LogP contribution in [0.3, 0.4) is 0 Å². The number of nitrogens with zero attached hydrogens (tertiary/aromatic N) is 4. The van der Waals surface area contributed by atoms with E-state index in [9.17, 15) is 4.79 Å². The van der Waals surface area contributed by atoms with Crippen molar-refractivity contribution in [3.63, 3.8) is 0 Å². The van der Waals surface area contributed by atoms with Gasteiger partial charge in [0.2, 0.25) is 0 Å². The first-order chi connectivity index (χ1) is 13.5. The van der Waals surface area contributed by atoms with Crippen LogP contribution in [0.15, 0.2) is 53.6 Å². The van der Waals surface area contributed by atoms with Crippen LogP contribution in [0.4, 0.5) is 11.4 Å². The van der Waals surface area contributed by atoms with Gasteiger partial charge in [0.1, 0.15) is 5.41 Å². The molecule has 3 aliphatic rings. The van der Waals surface area contributed by atoms with Crippen LogP contribution in [0.2, 0.25) is 5.02 Å². The second kappa shape index (κ2) is 6.33. The molecule has 144 valence electrons. The standard InChI is InChI=1S/C22H23ClN4O/c1-15-22(21(28)27(24-15)18-6-4-3-5-7-18)13-16-8-9-17(23)12-19(16)26-11-10-25(2)14-20(22)26/h3-9,12,20H,10-11,13-14H2,1-2H3. The van der Waals surface area contributed by atoms with E-state index in [1.807, 2.05) is 49.4 Å². The molecule has 5 nitrogen and oxygen atoms in total. The highest BCUT2D eigenvalue weighted by atomic mass is 35.5. The quantitative estimate of drug-likeness (QED) is 0.743. The number of para-hydroxylation sites is 1. The van der Waals surface area contributed by atoms with E-state index in [0.29, 0.717) is 6.42 Å². The number of fused-ring (bicyclic) bond motifs is 4. The molecule has 3 heterocycles. The molecule has 0 aromatic heterocycles. The van der Waals surface area contributed by atoms with Gasteiger partial charge < -0.3 is 9.80 Å². The molecule has 1 saturated heterocycles. The molecule has 28 heavy (non-hydrogen) atoms. The second-order valence-corrected chi connectivity index (χ2v) is 8.47. The second-order valence-electron chi connectivity index (χ2n) is 8.03. The Hall–Kier alpha value is -2.37. The number of hydrazone groups is 1. The summed E-state index contributed by atoms with van der Waals surface area (Å²) in [6.07, 6.45) is 0.659. The Kier molecular flexibility index (Phi) is 4.00. The summed E-state index contributed by atoms with van der Waals surface area (Å²) in [6, 6.07) is 15.8. The SMILES string of the molecule is CC1=NN(c2ccccc2)C(=O)C12Cc1ccc(Cl)cc1N1CCN(C)CC12. The number of carbonyl (C=O) groups is 1. The van der Waals surface area contributed by atoms with Crippen LogP contribution in [0.5, 0.6) is 0 Å². The maximum absolute atomic E-state index is 13.9. The molecule has 0 N–H and O–H groups in total. The number of carbonyl (C=O) groups excluding carboxylic acids is 1. The van der Waals surface area contributed by atoms with Crippen LogP contribution in [0, 0.1) is 5.41 Å². The van der Waals surface area contributed by atoms with E-state index < -0.39 is 5.41 Å². The van der Waals surface area contributed by atoms with E-state index in [2.05, 4.69) is 22.9 Å².